The van der Waals surface area contributed by atoms with Crippen LogP contribution in [-0.4, -0.2) is 24.3 Å². The van der Waals surface area contributed by atoms with Gasteiger partial charge in [-0.05, 0) is 43.7 Å². The molecule has 2 aromatic rings. The van der Waals surface area contributed by atoms with E-state index in [2.05, 4.69) is 5.32 Å². The van der Waals surface area contributed by atoms with E-state index in [0.29, 0.717) is 4.88 Å². The molecule has 0 unspecified atom stereocenters. The second kappa shape index (κ2) is 8.53. The van der Waals surface area contributed by atoms with E-state index >= 15 is 0 Å². The molecule has 0 saturated heterocycles. The SMILES string of the molecule is Cc1ccc(NC(=O)COC(=O)CCC(=O)c2ccc(C)s2)c(F)c1. The highest BCUT2D eigenvalue weighted by Crippen LogP contribution is 2.18. The lowest BCUT2D eigenvalue weighted by atomic mass is 10.2. The Balaban J connectivity index is 1.74. The first-order valence-corrected chi connectivity index (χ1v) is 8.48. The molecule has 1 heterocycles. The van der Waals surface area contributed by atoms with E-state index in [-0.39, 0.29) is 24.3 Å². The van der Waals surface area contributed by atoms with E-state index in [9.17, 15) is 18.8 Å². The zero-order valence-electron chi connectivity index (χ0n) is 13.9. The Morgan fingerprint density at radius 1 is 1.12 bits per heavy atom. The summed E-state index contributed by atoms with van der Waals surface area (Å²) >= 11 is 1.37. The molecular formula is C18H18FNO4S. The van der Waals surface area contributed by atoms with Gasteiger partial charge < -0.3 is 10.1 Å². The molecule has 132 valence electrons. The van der Waals surface area contributed by atoms with Gasteiger partial charge in [0.25, 0.3) is 5.91 Å². The first-order valence-electron chi connectivity index (χ1n) is 7.66. The van der Waals surface area contributed by atoms with Crippen LogP contribution in [0.25, 0.3) is 0 Å². The third kappa shape index (κ3) is 5.79. The van der Waals surface area contributed by atoms with Crippen LogP contribution < -0.4 is 5.32 Å². The molecule has 2 rings (SSSR count). The maximum Gasteiger partial charge on any atom is 0.306 e. The standard InChI is InChI=1S/C18H18FNO4S/c1-11-3-5-14(13(19)9-11)20-17(22)10-24-18(23)8-6-15(21)16-7-4-12(2)25-16/h3-5,7,9H,6,8,10H2,1-2H3,(H,20,22). The number of nitrogens with one attached hydrogen (secondary N) is 1. The van der Waals surface area contributed by atoms with Gasteiger partial charge in [0.1, 0.15) is 5.82 Å². The lowest BCUT2D eigenvalue weighted by molar-refractivity contribution is -0.147. The zero-order valence-corrected chi connectivity index (χ0v) is 14.7. The fraction of sp³-hybridized carbons (Fsp3) is 0.278. The van der Waals surface area contributed by atoms with Crippen LogP contribution in [0.5, 0.6) is 0 Å². The Kier molecular flexibility index (Phi) is 6.41. The van der Waals surface area contributed by atoms with Crippen molar-refractivity contribution in [2.24, 2.45) is 0 Å². The van der Waals surface area contributed by atoms with Crippen molar-refractivity contribution in [2.75, 3.05) is 11.9 Å². The molecule has 1 N–H and O–H groups in total. The number of ether oxygens (including phenoxy) is 1. The minimum atomic E-state index is -0.652. The molecule has 1 aromatic heterocycles. The van der Waals surface area contributed by atoms with Crippen LogP contribution in [0.2, 0.25) is 0 Å². The Morgan fingerprint density at radius 3 is 2.52 bits per heavy atom. The van der Waals surface area contributed by atoms with Crippen molar-refractivity contribution < 1.29 is 23.5 Å². The fourth-order valence-corrected chi connectivity index (χ4v) is 2.88. The molecule has 0 aliphatic rings. The number of benzene rings is 1. The van der Waals surface area contributed by atoms with Crippen molar-refractivity contribution in [3.63, 3.8) is 0 Å². The van der Waals surface area contributed by atoms with E-state index in [1.54, 1.807) is 19.1 Å². The van der Waals surface area contributed by atoms with E-state index in [1.165, 1.54) is 23.5 Å². The van der Waals surface area contributed by atoms with Crippen LogP contribution in [0.1, 0.15) is 33.0 Å². The predicted molar refractivity (Wildman–Crippen MR) is 93.3 cm³/mol. The largest absolute Gasteiger partial charge is 0.456 e. The number of amides is 1. The van der Waals surface area contributed by atoms with Crippen LogP contribution in [-0.2, 0) is 14.3 Å². The summed E-state index contributed by atoms with van der Waals surface area (Å²) < 4.78 is 18.4. The summed E-state index contributed by atoms with van der Waals surface area (Å²) in [4.78, 5) is 36.8. The first kappa shape index (κ1) is 18.8. The summed E-state index contributed by atoms with van der Waals surface area (Å²) in [6.07, 6.45) is -0.0883. The quantitative estimate of drug-likeness (QED) is 0.602. The fourth-order valence-electron chi connectivity index (χ4n) is 2.05. The number of rotatable bonds is 7. The summed E-state index contributed by atoms with van der Waals surface area (Å²) in [5, 5.41) is 2.33. The number of halogens is 1. The van der Waals surface area contributed by atoms with Gasteiger partial charge in [0.05, 0.1) is 17.0 Å². The molecule has 1 amide bonds. The average Bonchev–Trinajstić information content (AvgIpc) is 3.00. The molecule has 5 nitrogen and oxygen atoms in total. The maximum atomic E-state index is 13.6. The molecule has 7 heteroatoms. The predicted octanol–water partition coefficient (Wildman–Crippen LogP) is 3.65. The number of thiophene rings is 1. The van der Waals surface area contributed by atoms with Crippen LogP contribution in [0.4, 0.5) is 10.1 Å². The minimum absolute atomic E-state index is 0.0208. The highest BCUT2D eigenvalue weighted by molar-refractivity contribution is 7.14. The van der Waals surface area contributed by atoms with Gasteiger partial charge in [-0.25, -0.2) is 4.39 Å². The average molecular weight is 363 g/mol. The monoisotopic (exact) mass is 363 g/mol. The summed E-state index contributed by atoms with van der Waals surface area (Å²) in [6.45, 7) is 3.10. The van der Waals surface area contributed by atoms with E-state index in [0.717, 1.165) is 10.4 Å². The number of ketones is 1. The van der Waals surface area contributed by atoms with E-state index in [1.807, 2.05) is 13.0 Å². The molecular weight excluding hydrogens is 345 g/mol. The van der Waals surface area contributed by atoms with Crippen LogP contribution in [0, 0.1) is 19.7 Å². The van der Waals surface area contributed by atoms with Gasteiger partial charge >= 0.3 is 5.97 Å². The van der Waals surface area contributed by atoms with Crippen LogP contribution in [0.3, 0.4) is 0 Å². The van der Waals surface area contributed by atoms with Crippen molar-refractivity contribution in [2.45, 2.75) is 26.7 Å². The van der Waals surface area contributed by atoms with Gasteiger partial charge in [0.2, 0.25) is 0 Å². The molecule has 0 radical (unpaired) electrons. The van der Waals surface area contributed by atoms with Gasteiger partial charge in [-0.15, -0.1) is 11.3 Å². The first-order chi connectivity index (χ1) is 11.8. The molecule has 25 heavy (non-hydrogen) atoms. The van der Waals surface area contributed by atoms with Crippen LogP contribution >= 0.6 is 11.3 Å². The molecule has 0 aliphatic heterocycles. The minimum Gasteiger partial charge on any atom is -0.456 e. The van der Waals surface area contributed by atoms with E-state index < -0.39 is 24.3 Å². The number of aryl methyl sites for hydroxylation is 2. The number of anilines is 1. The smallest absolute Gasteiger partial charge is 0.306 e. The molecule has 0 saturated carbocycles. The van der Waals surface area contributed by atoms with Crippen molar-refractivity contribution in [3.8, 4) is 0 Å². The summed E-state index contributed by atoms with van der Waals surface area (Å²) in [5.41, 5.74) is 0.752. The number of Topliss-reactive ketones (excluding diaryl/α,β-unsaturated/α-hetero) is 1. The molecule has 0 aliphatic carbocycles. The van der Waals surface area contributed by atoms with Crippen molar-refractivity contribution >= 4 is 34.7 Å². The zero-order chi connectivity index (χ0) is 18.4. The van der Waals surface area contributed by atoms with E-state index in [4.69, 9.17) is 4.74 Å². The van der Waals surface area contributed by atoms with Crippen molar-refractivity contribution in [1.29, 1.82) is 0 Å². The van der Waals surface area contributed by atoms with Gasteiger partial charge in [0.15, 0.2) is 12.4 Å². The summed E-state index contributed by atoms with van der Waals surface area (Å²) in [5.74, 6) is -1.99. The topological polar surface area (TPSA) is 72.5 Å². The van der Waals surface area contributed by atoms with Gasteiger partial charge in [-0.3, -0.25) is 14.4 Å². The number of hydrogen-bond donors (Lipinski definition) is 1. The maximum absolute atomic E-state index is 13.6. The number of esters is 1. The lowest BCUT2D eigenvalue weighted by Gasteiger charge is -2.08. The number of carbonyl (C=O) groups is 3. The number of carbonyl (C=O) groups excluding carboxylic acids is 3. The highest BCUT2D eigenvalue weighted by atomic mass is 32.1. The molecule has 0 bridgehead atoms. The van der Waals surface area contributed by atoms with Gasteiger partial charge in [-0.2, -0.15) is 0 Å². The lowest BCUT2D eigenvalue weighted by Crippen LogP contribution is -2.21. The Morgan fingerprint density at radius 2 is 1.88 bits per heavy atom. The van der Waals surface area contributed by atoms with Crippen LogP contribution in [0.15, 0.2) is 30.3 Å². The van der Waals surface area contributed by atoms with Gasteiger partial charge in [-0.1, -0.05) is 6.07 Å². The Labute approximate surface area is 148 Å². The third-order valence-electron chi connectivity index (χ3n) is 3.33. The second-order valence-corrected chi connectivity index (χ2v) is 6.81. The molecule has 0 spiro atoms. The summed E-state index contributed by atoms with van der Waals surface area (Å²) in [6, 6.07) is 7.94. The summed E-state index contributed by atoms with van der Waals surface area (Å²) in [7, 11) is 0. The molecule has 1 aromatic carbocycles. The highest BCUT2D eigenvalue weighted by Gasteiger charge is 2.14. The molecule has 0 fully saturated rings. The van der Waals surface area contributed by atoms with Crippen molar-refractivity contribution in [3.05, 3.63) is 51.5 Å². The molecule has 0 atom stereocenters. The van der Waals surface area contributed by atoms with Gasteiger partial charge in [0, 0.05) is 11.3 Å². The Hall–Kier alpha value is -2.54. The third-order valence-corrected chi connectivity index (χ3v) is 4.38. The number of hydrogen-bond acceptors (Lipinski definition) is 5. The normalized spacial score (nSPS) is 10.4. The van der Waals surface area contributed by atoms with Crippen molar-refractivity contribution in [1.82, 2.24) is 0 Å². The second-order valence-electron chi connectivity index (χ2n) is 5.53. The Bertz CT molecular complexity index is 800.